The van der Waals surface area contributed by atoms with Gasteiger partial charge in [-0.05, 0) is 14.1 Å². The molecule has 0 aromatic heterocycles. The highest BCUT2D eigenvalue weighted by Crippen LogP contribution is 2.20. The third kappa shape index (κ3) is 3.79. The van der Waals surface area contributed by atoms with Crippen molar-refractivity contribution in [3.8, 4) is 0 Å². The molecule has 0 aromatic rings. The Morgan fingerprint density at radius 3 is 2.44 bits per heavy atom. The molecule has 1 rings (SSSR count). The number of nitrogens with zero attached hydrogens (tertiary/aromatic N) is 1. The molecule has 0 unspecified atom stereocenters. The highest BCUT2D eigenvalue weighted by molar-refractivity contribution is 5.80. The predicted molar refractivity (Wildman–Crippen MR) is 58.7 cm³/mol. The van der Waals surface area contributed by atoms with Crippen LogP contribution in [0.4, 0.5) is 0 Å². The van der Waals surface area contributed by atoms with Crippen LogP contribution in [0.2, 0.25) is 0 Å². The quantitative estimate of drug-likeness (QED) is 0.593. The molecule has 16 heavy (non-hydrogen) atoms. The van der Waals surface area contributed by atoms with Crippen molar-refractivity contribution in [2.75, 3.05) is 33.9 Å². The molecule has 92 valence electrons. The molecule has 2 amide bonds. The third-order valence-electron chi connectivity index (χ3n) is 2.46. The van der Waals surface area contributed by atoms with Crippen LogP contribution in [0, 0.1) is 0 Å². The third-order valence-corrected chi connectivity index (χ3v) is 2.46. The summed E-state index contributed by atoms with van der Waals surface area (Å²) in [6.45, 7) is 1.41. The highest BCUT2D eigenvalue weighted by Gasteiger charge is 2.41. The van der Waals surface area contributed by atoms with Gasteiger partial charge in [0.25, 0.3) is 0 Å². The summed E-state index contributed by atoms with van der Waals surface area (Å²) in [6.07, 6.45) is 0.550. The summed E-state index contributed by atoms with van der Waals surface area (Å²) in [6, 6.07) is 0. The second kappa shape index (κ2) is 5.27. The number of nitrogens with two attached hydrogens (primary N) is 1. The molecule has 3 N–H and O–H groups in total. The van der Waals surface area contributed by atoms with Crippen LogP contribution < -0.4 is 11.1 Å². The average Bonchev–Trinajstić information content (AvgIpc) is 2.10. The van der Waals surface area contributed by atoms with Crippen LogP contribution in [0.3, 0.4) is 0 Å². The molecule has 0 bridgehead atoms. The first kappa shape index (κ1) is 12.9. The molecule has 0 aliphatic carbocycles. The fourth-order valence-electron chi connectivity index (χ4n) is 1.58. The SMILES string of the molecule is CN(C)CCC(=O)NC1(CC(N)=O)COC1. The minimum Gasteiger partial charge on any atom is -0.376 e. The van der Waals surface area contributed by atoms with Crippen molar-refractivity contribution in [2.45, 2.75) is 18.4 Å². The standard InChI is InChI=1S/C10H19N3O3/c1-13(2)4-3-9(15)12-10(5-8(11)14)6-16-7-10/h3-7H2,1-2H3,(H2,11,14)(H,12,15). The van der Waals surface area contributed by atoms with Gasteiger partial charge in [0.05, 0.1) is 25.2 Å². The first-order chi connectivity index (χ1) is 7.43. The number of carbonyl (C=O) groups excluding carboxylic acids is 2. The predicted octanol–water partition coefficient (Wildman–Crippen LogP) is -1.30. The van der Waals surface area contributed by atoms with E-state index < -0.39 is 11.4 Å². The van der Waals surface area contributed by atoms with Gasteiger partial charge in [0.1, 0.15) is 0 Å². The molecule has 6 heteroatoms. The molecule has 0 atom stereocenters. The summed E-state index contributed by atoms with van der Waals surface area (Å²) in [7, 11) is 3.80. The van der Waals surface area contributed by atoms with Crippen molar-refractivity contribution in [3.05, 3.63) is 0 Å². The number of hydrogen-bond donors (Lipinski definition) is 2. The number of amides is 2. The molecule has 1 aliphatic heterocycles. The Kier molecular flexibility index (Phi) is 4.26. The minimum absolute atomic E-state index is 0.0711. The molecule has 1 heterocycles. The fraction of sp³-hybridized carbons (Fsp3) is 0.800. The maximum absolute atomic E-state index is 11.6. The van der Waals surface area contributed by atoms with E-state index in [9.17, 15) is 9.59 Å². The van der Waals surface area contributed by atoms with Crippen LogP contribution in [0.5, 0.6) is 0 Å². The molecule has 0 radical (unpaired) electrons. The van der Waals surface area contributed by atoms with Gasteiger partial charge >= 0.3 is 0 Å². The summed E-state index contributed by atoms with van der Waals surface area (Å²) in [5.74, 6) is -0.491. The lowest BCUT2D eigenvalue weighted by Gasteiger charge is -2.41. The Bertz CT molecular complexity index is 274. The molecule has 1 fully saturated rings. The van der Waals surface area contributed by atoms with Crippen molar-refractivity contribution < 1.29 is 14.3 Å². The summed E-state index contributed by atoms with van der Waals surface area (Å²) in [4.78, 5) is 24.4. The number of ether oxygens (including phenoxy) is 1. The van der Waals surface area contributed by atoms with Gasteiger partial charge in [-0.15, -0.1) is 0 Å². The zero-order valence-electron chi connectivity index (χ0n) is 9.78. The van der Waals surface area contributed by atoms with Gasteiger partial charge in [0.15, 0.2) is 0 Å². The monoisotopic (exact) mass is 229 g/mol. The van der Waals surface area contributed by atoms with E-state index in [0.29, 0.717) is 26.2 Å². The molecule has 6 nitrogen and oxygen atoms in total. The fourth-order valence-corrected chi connectivity index (χ4v) is 1.58. The van der Waals surface area contributed by atoms with Crippen LogP contribution >= 0.6 is 0 Å². The number of nitrogens with one attached hydrogen (secondary N) is 1. The first-order valence-corrected chi connectivity index (χ1v) is 5.25. The van der Waals surface area contributed by atoms with Gasteiger partial charge in [-0.25, -0.2) is 0 Å². The summed E-state index contributed by atoms with van der Waals surface area (Å²) >= 11 is 0. The summed E-state index contributed by atoms with van der Waals surface area (Å²) < 4.78 is 5.03. The van der Waals surface area contributed by atoms with E-state index in [1.54, 1.807) is 0 Å². The number of primary amides is 1. The zero-order chi connectivity index (χ0) is 12.2. The van der Waals surface area contributed by atoms with Gasteiger partial charge in [-0.3, -0.25) is 9.59 Å². The van der Waals surface area contributed by atoms with Crippen LogP contribution in [0.25, 0.3) is 0 Å². The second-order valence-corrected chi connectivity index (χ2v) is 4.52. The minimum atomic E-state index is -0.560. The van der Waals surface area contributed by atoms with E-state index in [0.717, 1.165) is 0 Å². The van der Waals surface area contributed by atoms with E-state index in [4.69, 9.17) is 10.5 Å². The summed E-state index contributed by atoms with van der Waals surface area (Å²) in [5.41, 5.74) is 4.57. The molecule has 0 saturated carbocycles. The van der Waals surface area contributed by atoms with Gasteiger partial charge in [-0.2, -0.15) is 0 Å². The number of hydrogen-bond acceptors (Lipinski definition) is 4. The van der Waals surface area contributed by atoms with Crippen LogP contribution in [-0.2, 0) is 14.3 Å². The van der Waals surface area contributed by atoms with Gasteiger partial charge in [0.2, 0.25) is 11.8 Å². The zero-order valence-corrected chi connectivity index (χ0v) is 9.78. The van der Waals surface area contributed by atoms with Crippen LogP contribution in [0.1, 0.15) is 12.8 Å². The van der Waals surface area contributed by atoms with Gasteiger partial charge in [-0.1, -0.05) is 0 Å². The van der Waals surface area contributed by atoms with Gasteiger partial charge in [0, 0.05) is 13.0 Å². The van der Waals surface area contributed by atoms with Crippen LogP contribution in [-0.4, -0.2) is 56.1 Å². The van der Waals surface area contributed by atoms with E-state index in [1.165, 1.54) is 0 Å². The summed E-state index contributed by atoms with van der Waals surface area (Å²) in [5, 5.41) is 2.83. The molecule has 0 spiro atoms. The molecule has 0 aromatic carbocycles. The van der Waals surface area contributed by atoms with Gasteiger partial charge < -0.3 is 20.7 Å². The molecule has 1 saturated heterocycles. The Labute approximate surface area is 95.1 Å². The van der Waals surface area contributed by atoms with Crippen molar-refractivity contribution in [3.63, 3.8) is 0 Å². The Morgan fingerprint density at radius 2 is 2.06 bits per heavy atom. The normalized spacial score (nSPS) is 17.9. The lowest BCUT2D eigenvalue weighted by atomic mass is 9.92. The molecular formula is C10H19N3O3. The lowest BCUT2D eigenvalue weighted by molar-refractivity contribution is -0.138. The van der Waals surface area contributed by atoms with Crippen molar-refractivity contribution in [1.29, 1.82) is 0 Å². The largest absolute Gasteiger partial charge is 0.376 e. The molecule has 1 aliphatic rings. The van der Waals surface area contributed by atoms with E-state index in [-0.39, 0.29) is 12.3 Å². The Morgan fingerprint density at radius 1 is 1.44 bits per heavy atom. The van der Waals surface area contributed by atoms with E-state index in [2.05, 4.69) is 5.32 Å². The Balaban J connectivity index is 2.38. The average molecular weight is 229 g/mol. The Hall–Kier alpha value is -1.14. The van der Waals surface area contributed by atoms with Crippen molar-refractivity contribution >= 4 is 11.8 Å². The number of carbonyl (C=O) groups is 2. The van der Waals surface area contributed by atoms with E-state index >= 15 is 0 Å². The van der Waals surface area contributed by atoms with Crippen LogP contribution in [0.15, 0.2) is 0 Å². The van der Waals surface area contributed by atoms with E-state index in [1.807, 2.05) is 19.0 Å². The van der Waals surface area contributed by atoms with Crippen molar-refractivity contribution in [2.24, 2.45) is 5.73 Å². The topological polar surface area (TPSA) is 84.7 Å². The second-order valence-electron chi connectivity index (χ2n) is 4.52. The highest BCUT2D eigenvalue weighted by atomic mass is 16.5. The smallest absolute Gasteiger partial charge is 0.221 e. The molecular weight excluding hydrogens is 210 g/mol. The first-order valence-electron chi connectivity index (χ1n) is 5.25. The van der Waals surface area contributed by atoms with Crippen molar-refractivity contribution in [1.82, 2.24) is 10.2 Å². The maximum Gasteiger partial charge on any atom is 0.221 e. The number of rotatable bonds is 6. The maximum atomic E-state index is 11.6. The lowest BCUT2D eigenvalue weighted by Crippen LogP contribution is -2.63.